The smallest absolute Gasteiger partial charge is 0.328 e. The fourth-order valence-corrected chi connectivity index (χ4v) is 2.16. The Hall–Kier alpha value is -2.40. The van der Waals surface area contributed by atoms with Gasteiger partial charge < -0.3 is 10.1 Å². The molecule has 1 atom stereocenters. The average Bonchev–Trinajstić information content (AvgIpc) is 2.56. The average molecular weight is 319 g/mol. The van der Waals surface area contributed by atoms with Crippen molar-refractivity contribution in [3.63, 3.8) is 0 Å². The topological polar surface area (TPSA) is 68.3 Å². The summed E-state index contributed by atoms with van der Waals surface area (Å²) in [5.74, 6) is -0.979. The van der Waals surface area contributed by atoms with Gasteiger partial charge in [-0.05, 0) is 23.8 Å². The van der Waals surface area contributed by atoms with Crippen molar-refractivity contribution in [2.24, 2.45) is 0 Å². The molecule has 0 aliphatic rings. The Morgan fingerprint density at radius 3 is 2.59 bits per heavy atom. The summed E-state index contributed by atoms with van der Waals surface area (Å²) in [6.45, 7) is 0. The van der Waals surface area contributed by atoms with E-state index in [-0.39, 0.29) is 12.1 Å². The van der Waals surface area contributed by atoms with Gasteiger partial charge in [-0.25, -0.2) is 4.79 Å². The molecule has 0 saturated carbocycles. The minimum atomic E-state index is -0.834. The molecule has 1 aromatic carbocycles. The first-order valence-corrected chi connectivity index (χ1v) is 7.02. The van der Waals surface area contributed by atoms with Crippen LogP contribution in [0.4, 0.5) is 0 Å². The number of hydrogen-bond donors (Lipinski definition) is 1. The molecule has 0 unspecified atom stereocenters. The van der Waals surface area contributed by atoms with Crippen molar-refractivity contribution in [1.82, 2.24) is 10.3 Å². The molecular weight excluding hydrogens is 304 g/mol. The molecule has 0 aliphatic heterocycles. The third-order valence-corrected chi connectivity index (χ3v) is 3.44. The van der Waals surface area contributed by atoms with Crippen molar-refractivity contribution in [1.29, 1.82) is 0 Å². The summed E-state index contributed by atoms with van der Waals surface area (Å²) in [5, 5.41) is 3.16. The Balaban J connectivity index is 2.15. The van der Waals surface area contributed by atoms with E-state index in [1.54, 1.807) is 36.4 Å². The zero-order valence-electron chi connectivity index (χ0n) is 12.0. The fraction of sp³-hybridized carbons (Fsp3) is 0.188. The van der Waals surface area contributed by atoms with Crippen LogP contribution in [0, 0.1) is 0 Å². The Morgan fingerprint density at radius 2 is 1.95 bits per heavy atom. The maximum atomic E-state index is 12.1. The molecule has 0 radical (unpaired) electrons. The molecule has 1 amide bonds. The van der Waals surface area contributed by atoms with E-state index < -0.39 is 17.9 Å². The number of carbonyl (C=O) groups is 2. The lowest BCUT2D eigenvalue weighted by Crippen LogP contribution is -2.43. The van der Waals surface area contributed by atoms with Crippen LogP contribution in [0.3, 0.4) is 0 Å². The number of halogens is 1. The van der Waals surface area contributed by atoms with Crippen LogP contribution in [-0.4, -0.2) is 30.0 Å². The van der Waals surface area contributed by atoms with E-state index in [9.17, 15) is 9.59 Å². The lowest BCUT2D eigenvalue weighted by Gasteiger charge is -2.17. The van der Waals surface area contributed by atoms with Gasteiger partial charge in [-0.15, -0.1) is 0 Å². The Labute approximate surface area is 133 Å². The van der Waals surface area contributed by atoms with Crippen molar-refractivity contribution < 1.29 is 14.3 Å². The Kier molecular flexibility index (Phi) is 5.49. The van der Waals surface area contributed by atoms with Gasteiger partial charge in [0.25, 0.3) is 5.91 Å². The zero-order valence-corrected chi connectivity index (χ0v) is 12.7. The Morgan fingerprint density at radius 1 is 1.23 bits per heavy atom. The van der Waals surface area contributed by atoms with E-state index in [0.717, 1.165) is 5.56 Å². The number of aromatic nitrogens is 1. The third-order valence-electron chi connectivity index (χ3n) is 3.07. The molecule has 0 saturated heterocycles. The summed E-state index contributed by atoms with van der Waals surface area (Å²) in [4.78, 5) is 28.0. The van der Waals surface area contributed by atoms with E-state index in [1.807, 2.05) is 6.07 Å². The minimum absolute atomic E-state index is 0.232. The summed E-state index contributed by atoms with van der Waals surface area (Å²) in [6.07, 6.45) is 1.75. The van der Waals surface area contributed by atoms with E-state index in [1.165, 1.54) is 13.3 Å². The largest absolute Gasteiger partial charge is 0.467 e. The highest BCUT2D eigenvalue weighted by Gasteiger charge is 2.23. The van der Waals surface area contributed by atoms with Crippen molar-refractivity contribution >= 4 is 23.5 Å². The first-order valence-electron chi connectivity index (χ1n) is 6.65. The van der Waals surface area contributed by atoms with E-state index in [0.29, 0.717) is 5.02 Å². The second-order valence-corrected chi connectivity index (χ2v) is 4.97. The molecule has 5 nitrogen and oxygen atoms in total. The minimum Gasteiger partial charge on any atom is -0.467 e. The number of nitrogens with zero attached hydrogens (tertiary/aromatic N) is 1. The molecule has 6 heteroatoms. The molecule has 1 heterocycles. The quantitative estimate of drug-likeness (QED) is 0.859. The summed E-state index contributed by atoms with van der Waals surface area (Å²) in [5.41, 5.74) is 0.983. The van der Waals surface area contributed by atoms with Crippen LogP contribution in [-0.2, 0) is 16.0 Å². The molecular formula is C16H15ClN2O3. The number of hydrogen-bond acceptors (Lipinski definition) is 4. The van der Waals surface area contributed by atoms with Gasteiger partial charge in [-0.2, -0.15) is 0 Å². The number of benzene rings is 1. The second kappa shape index (κ2) is 7.56. The lowest BCUT2D eigenvalue weighted by atomic mass is 10.1. The number of amides is 1. The molecule has 2 aromatic rings. The summed E-state index contributed by atoms with van der Waals surface area (Å²) in [7, 11) is 1.27. The van der Waals surface area contributed by atoms with Crippen molar-refractivity contribution in [3.8, 4) is 0 Å². The standard InChI is InChI=1S/C16H15ClN2O3/c1-22-16(21)14(10-11-6-2-3-7-12(11)17)19-15(20)13-8-4-5-9-18-13/h2-9,14H,10H2,1H3,(H,19,20)/t14-/m0/s1. The number of pyridine rings is 1. The van der Waals surface area contributed by atoms with E-state index >= 15 is 0 Å². The first kappa shape index (κ1) is 16.0. The monoisotopic (exact) mass is 318 g/mol. The van der Waals surface area contributed by atoms with Crippen molar-refractivity contribution in [3.05, 3.63) is 64.9 Å². The summed E-state index contributed by atoms with van der Waals surface area (Å²) >= 11 is 6.09. The number of esters is 1. The van der Waals surface area contributed by atoms with E-state index in [2.05, 4.69) is 10.3 Å². The molecule has 22 heavy (non-hydrogen) atoms. The van der Waals surface area contributed by atoms with Crippen LogP contribution in [0.2, 0.25) is 5.02 Å². The fourth-order valence-electron chi connectivity index (χ4n) is 1.95. The van der Waals surface area contributed by atoms with Gasteiger partial charge in [0.15, 0.2) is 0 Å². The highest BCUT2D eigenvalue weighted by molar-refractivity contribution is 6.31. The van der Waals surface area contributed by atoms with Crippen LogP contribution in [0.1, 0.15) is 16.1 Å². The van der Waals surface area contributed by atoms with Gasteiger partial charge in [0.1, 0.15) is 11.7 Å². The van der Waals surface area contributed by atoms with Crippen LogP contribution in [0.5, 0.6) is 0 Å². The van der Waals surface area contributed by atoms with E-state index in [4.69, 9.17) is 16.3 Å². The third kappa shape index (κ3) is 4.05. The van der Waals surface area contributed by atoms with Crippen LogP contribution >= 0.6 is 11.6 Å². The van der Waals surface area contributed by atoms with Gasteiger partial charge in [0.05, 0.1) is 7.11 Å². The summed E-state index contributed by atoms with van der Waals surface area (Å²) < 4.78 is 4.74. The molecule has 0 spiro atoms. The molecule has 1 aromatic heterocycles. The van der Waals surface area contributed by atoms with Crippen LogP contribution in [0.15, 0.2) is 48.7 Å². The molecule has 1 N–H and O–H groups in total. The molecule has 114 valence electrons. The second-order valence-electron chi connectivity index (χ2n) is 4.56. The molecule has 0 aliphatic carbocycles. The maximum Gasteiger partial charge on any atom is 0.328 e. The van der Waals surface area contributed by atoms with Gasteiger partial charge in [-0.1, -0.05) is 35.9 Å². The van der Waals surface area contributed by atoms with Gasteiger partial charge in [0.2, 0.25) is 0 Å². The molecule has 0 fully saturated rings. The highest BCUT2D eigenvalue weighted by atomic mass is 35.5. The number of methoxy groups -OCH3 is 1. The predicted octanol–water partition coefficient (Wildman–Crippen LogP) is 2.25. The molecule has 2 rings (SSSR count). The lowest BCUT2D eigenvalue weighted by molar-refractivity contribution is -0.142. The van der Waals surface area contributed by atoms with Gasteiger partial charge in [-0.3, -0.25) is 9.78 Å². The highest BCUT2D eigenvalue weighted by Crippen LogP contribution is 2.17. The number of ether oxygens (including phenoxy) is 1. The first-order chi connectivity index (χ1) is 10.6. The van der Waals surface area contributed by atoms with Crippen LogP contribution < -0.4 is 5.32 Å². The van der Waals surface area contributed by atoms with Gasteiger partial charge in [0, 0.05) is 17.6 Å². The summed E-state index contributed by atoms with van der Waals surface area (Å²) in [6, 6.07) is 11.3. The van der Waals surface area contributed by atoms with Crippen molar-refractivity contribution in [2.45, 2.75) is 12.5 Å². The maximum absolute atomic E-state index is 12.1. The number of rotatable bonds is 5. The number of nitrogens with one attached hydrogen (secondary N) is 1. The zero-order chi connectivity index (χ0) is 15.9. The molecule has 0 bridgehead atoms. The normalized spacial score (nSPS) is 11.5. The van der Waals surface area contributed by atoms with Crippen LogP contribution in [0.25, 0.3) is 0 Å². The Bertz CT molecular complexity index is 661. The number of carbonyl (C=O) groups excluding carboxylic acids is 2. The predicted molar refractivity (Wildman–Crippen MR) is 82.7 cm³/mol. The SMILES string of the molecule is COC(=O)[C@H](Cc1ccccc1Cl)NC(=O)c1ccccn1. The van der Waals surface area contributed by atoms with Crippen molar-refractivity contribution in [2.75, 3.05) is 7.11 Å². The van der Waals surface area contributed by atoms with Gasteiger partial charge >= 0.3 is 5.97 Å².